The summed E-state index contributed by atoms with van der Waals surface area (Å²) < 4.78 is 10.5. The van der Waals surface area contributed by atoms with Crippen molar-refractivity contribution in [2.45, 2.75) is 119 Å². The van der Waals surface area contributed by atoms with Gasteiger partial charge in [0.2, 0.25) is 11.8 Å². The second kappa shape index (κ2) is 17.7. The number of unbranched alkanes of at least 4 members (excludes halogenated alkanes) is 3. The van der Waals surface area contributed by atoms with E-state index in [0.29, 0.717) is 24.9 Å². The zero-order valence-electron chi connectivity index (χ0n) is 26.7. The van der Waals surface area contributed by atoms with E-state index in [-0.39, 0.29) is 37.3 Å². The van der Waals surface area contributed by atoms with Crippen LogP contribution in [-0.2, 0) is 23.9 Å². The summed E-state index contributed by atoms with van der Waals surface area (Å²) in [4.78, 5) is 54.5. The van der Waals surface area contributed by atoms with Crippen molar-refractivity contribution in [1.82, 2.24) is 15.5 Å². The monoisotopic (exact) mass is 575 g/mol. The summed E-state index contributed by atoms with van der Waals surface area (Å²) >= 11 is 0. The number of nitrogens with one attached hydrogen (secondary N) is 2. The van der Waals surface area contributed by atoms with Crippen LogP contribution in [-0.4, -0.2) is 60.1 Å². The molecule has 0 spiro atoms. The zero-order chi connectivity index (χ0) is 31.2. The number of ether oxygens (including phenoxy) is 2. The second-order valence-corrected chi connectivity index (χ2v) is 12.0. The molecule has 3 amide bonds. The van der Waals surface area contributed by atoms with E-state index in [1.165, 1.54) is 0 Å². The van der Waals surface area contributed by atoms with Crippen LogP contribution in [0.25, 0.3) is 0 Å². The van der Waals surface area contributed by atoms with E-state index in [1.54, 1.807) is 32.6 Å². The summed E-state index contributed by atoms with van der Waals surface area (Å²) in [5.41, 5.74) is 1.81. The smallest absolute Gasteiger partial charge is 0.408 e. The number of nitrogens with zero attached hydrogens (tertiary/aromatic N) is 1. The molecule has 9 heteroatoms. The Morgan fingerprint density at radius 1 is 1.00 bits per heavy atom. The summed E-state index contributed by atoms with van der Waals surface area (Å²) in [6.07, 6.45) is 3.38. The van der Waals surface area contributed by atoms with Crippen molar-refractivity contribution in [2.75, 3.05) is 19.7 Å². The van der Waals surface area contributed by atoms with Crippen molar-refractivity contribution in [3.63, 3.8) is 0 Å². The summed E-state index contributed by atoms with van der Waals surface area (Å²) in [6, 6.07) is 4.01. The van der Waals surface area contributed by atoms with Gasteiger partial charge in [0.15, 0.2) is 0 Å². The lowest BCUT2D eigenvalue weighted by Gasteiger charge is -2.35. The Bertz CT molecular complexity index is 1000. The topological polar surface area (TPSA) is 114 Å². The van der Waals surface area contributed by atoms with Gasteiger partial charge in [-0.1, -0.05) is 63.8 Å². The van der Waals surface area contributed by atoms with Crippen LogP contribution in [0, 0.1) is 19.8 Å². The van der Waals surface area contributed by atoms with Gasteiger partial charge in [-0.25, -0.2) is 4.79 Å². The maximum atomic E-state index is 14.3. The lowest BCUT2D eigenvalue weighted by atomic mass is 9.94. The first-order valence-corrected chi connectivity index (χ1v) is 15.0. The average Bonchev–Trinajstić information content (AvgIpc) is 2.85. The molecule has 232 valence electrons. The molecule has 0 aliphatic carbocycles. The number of hydrogen-bond acceptors (Lipinski definition) is 6. The molecular formula is C32H53N3O6. The van der Waals surface area contributed by atoms with Gasteiger partial charge in [0, 0.05) is 13.1 Å². The fourth-order valence-corrected chi connectivity index (χ4v) is 4.54. The van der Waals surface area contributed by atoms with Crippen molar-refractivity contribution < 1.29 is 28.7 Å². The van der Waals surface area contributed by atoms with Crippen LogP contribution < -0.4 is 10.6 Å². The molecule has 2 N–H and O–H groups in total. The first-order chi connectivity index (χ1) is 19.2. The third kappa shape index (κ3) is 13.4. The van der Waals surface area contributed by atoms with E-state index in [1.807, 2.05) is 45.9 Å². The molecule has 1 rings (SSSR count). The largest absolute Gasteiger partial charge is 0.466 e. The van der Waals surface area contributed by atoms with Gasteiger partial charge in [-0.3, -0.25) is 14.4 Å². The van der Waals surface area contributed by atoms with Crippen LogP contribution in [0.4, 0.5) is 4.79 Å². The highest BCUT2D eigenvalue weighted by Gasteiger charge is 2.37. The van der Waals surface area contributed by atoms with Crippen LogP contribution in [0.15, 0.2) is 18.2 Å². The molecule has 1 aromatic rings. The van der Waals surface area contributed by atoms with Crippen LogP contribution >= 0.6 is 0 Å². The van der Waals surface area contributed by atoms with Gasteiger partial charge in [0.25, 0.3) is 0 Å². The number of benzene rings is 1. The number of carbonyl (C=O) groups excluding carboxylic acids is 4. The number of carbonyl (C=O) groups is 4. The van der Waals surface area contributed by atoms with E-state index < -0.39 is 29.7 Å². The first-order valence-electron chi connectivity index (χ1n) is 15.0. The standard InChI is InChI=1S/C32H53N3O6/c1-10-12-13-14-19-35(30(38)26(20-22(3)4)34-31(39)41-32(7,8)9)28(25-21-23(5)15-16-24(25)6)29(37)33-18-17-27(36)40-11-2/h15-16,21-22,26,28H,10-14,17-20H2,1-9H3,(H,33,37)(H,34,39). The van der Waals surface area contributed by atoms with E-state index >= 15 is 0 Å². The Balaban J connectivity index is 3.52. The number of amides is 3. The van der Waals surface area contributed by atoms with Gasteiger partial charge >= 0.3 is 12.1 Å². The Hall–Kier alpha value is -3.10. The van der Waals surface area contributed by atoms with Gasteiger partial charge in [0.1, 0.15) is 17.7 Å². The fraction of sp³-hybridized carbons (Fsp3) is 0.688. The predicted octanol–water partition coefficient (Wildman–Crippen LogP) is 5.76. The molecule has 0 heterocycles. The summed E-state index contributed by atoms with van der Waals surface area (Å²) in [5.74, 6) is -1.03. The Kier molecular flexibility index (Phi) is 15.5. The van der Waals surface area contributed by atoms with Crippen LogP contribution in [0.1, 0.15) is 110 Å². The molecule has 1 aromatic carbocycles. The Morgan fingerprint density at radius 3 is 2.27 bits per heavy atom. The van der Waals surface area contributed by atoms with Crippen molar-refractivity contribution in [3.8, 4) is 0 Å². The molecule has 0 saturated carbocycles. The minimum absolute atomic E-state index is 0.0275. The highest BCUT2D eigenvalue weighted by molar-refractivity contribution is 5.92. The molecule has 0 bridgehead atoms. The molecule has 2 unspecified atom stereocenters. The third-order valence-corrected chi connectivity index (χ3v) is 6.45. The summed E-state index contributed by atoms with van der Waals surface area (Å²) in [7, 11) is 0. The van der Waals surface area contributed by atoms with Crippen LogP contribution in [0.3, 0.4) is 0 Å². The molecule has 41 heavy (non-hydrogen) atoms. The zero-order valence-corrected chi connectivity index (χ0v) is 26.7. The number of rotatable bonds is 16. The predicted molar refractivity (Wildman–Crippen MR) is 161 cm³/mol. The molecule has 0 radical (unpaired) electrons. The number of aryl methyl sites for hydroxylation is 2. The molecule has 0 aliphatic heterocycles. The lowest BCUT2D eigenvalue weighted by Crippen LogP contribution is -2.53. The van der Waals surface area contributed by atoms with Crippen molar-refractivity contribution in [1.29, 1.82) is 0 Å². The fourth-order valence-electron chi connectivity index (χ4n) is 4.54. The molecular weight excluding hydrogens is 522 g/mol. The molecule has 0 saturated heterocycles. The van der Waals surface area contributed by atoms with E-state index in [2.05, 4.69) is 17.6 Å². The number of alkyl carbamates (subject to hydrolysis) is 1. The lowest BCUT2D eigenvalue weighted by molar-refractivity contribution is -0.144. The minimum atomic E-state index is -0.943. The van der Waals surface area contributed by atoms with Crippen molar-refractivity contribution in [3.05, 3.63) is 34.9 Å². The minimum Gasteiger partial charge on any atom is -0.466 e. The molecule has 9 nitrogen and oxygen atoms in total. The average molecular weight is 576 g/mol. The highest BCUT2D eigenvalue weighted by atomic mass is 16.6. The molecule has 0 fully saturated rings. The maximum Gasteiger partial charge on any atom is 0.408 e. The molecule has 0 aliphatic rings. The van der Waals surface area contributed by atoms with Gasteiger partial charge in [-0.15, -0.1) is 0 Å². The summed E-state index contributed by atoms with van der Waals surface area (Å²) in [6.45, 7) is 17.6. The summed E-state index contributed by atoms with van der Waals surface area (Å²) in [5, 5.41) is 5.64. The third-order valence-electron chi connectivity index (χ3n) is 6.45. The van der Waals surface area contributed by atoms with Crippen LogP contribution in [0.2, 0.25) is 0 Å². The Morgan fingerprint density at radius 2 is 1.68 bits per heavy atom. The van der Waals surface area contributed by atoms with Gasteiger partial charge < -0.3 is 25.0 Å². The Labute approximate surface area is 247 Å². The number of esters is 1. The maximum absolute atomic E-state index is 14.3. The van der Waals surface area contributed by atoms with Gasteiger partial charge in [-0.2, -0.15) is 0 Å². The van der Waals surface area contributed by atoms with E-state index in [4.69, 9.17) is 9.47 Å². The van der Waals surface area contributed by atoms with Gasteiger partial charge in [-0.05, 0) is 71.4 Å². The normalized spacial score (nSPS) is 12.8. The van der Waals surface area contributed by atoms with Crippen LogP contribution in [0.5, 0.6) is 0 Å². The quantitative estimate of drug-likeness (QED) is 0.191. The van der Waals surface area contributed by atoms with Crippen molar-refractivity contribution in [2.24, 2.45) is 5.92 Å². The second-order valence-electron chi connectivity index (χ2n) is 12.0. The molecule has 2 atom stereocenters. The first kappa shape index (κ1) is 35.9. The van der Waals surface area contributed by atoms with Crippen molar-refractivity contribution >= 4 is 23.9 Å². The van der Waals surface area contributed by atoms with E-state index in [9.17, 15) is 19.2 Å². The highest BCUT2D eigenvalue weighted by Crippen LogP contribution is 2.28. The van der Waals surface area contributed by atoms with Gasteiger partial charge in [0.05, 0.1) is 13.0 Å². The molecule has 0 aromatic heterocycles. The van der Waals surface area contributed by atoms with E-state index in [0.717, 1.165) is 30.4 Å². The number of hydrogen-bond donors (Lipinski definition) is 2. The SMILES string of the molecule is CCCCCCN(C(=O)C(CC(C)C)NC(=O)OC(C)(C)C)C(C(=O)NCCC(=O)OCC)c1cc(C)ccc1C.